The molecule has 0 fully saturated rings. The van der Waals surface area contributed by atoms with Gasteiger partial charge in [-0.15, -0.1) is 0 Å². The van der Waals surface area contributed by atoms with Crippen LogP contribution in [0.2, 0.25) is 5.02 Å². The summed E-state index contributed by atoms with van der Waals surface area (Å²) in [6, 6.07) is 8.31. The number of fused-ring (bicyclic) bond motifs is 1. The van der Waals surface area contributed by atoms with Gasteiger partial charge in [-0.1, -0.05) is 17.7 Å². The van der Waals surface area contributed by atoms with E-state index in [9.17, 15) is 36.4 Å². The molecule has 4 rings (SSSR count). The summed E-state index contributed by atoms with van der Waals surface area (Å²) < 4.78 is 67.2. The lowest BCUT2D eigenvalue weighted by molar-refractivity contribution is -0.605. The normalized spacial score (nSPS) is 13.8. The molecule has 0 saturated carbocycles. The Morgan fingerprint density at radius 3 is 2.41 bits per heavy atom. The second-order valence-electron chi connectivity index (χ2n) is 7.24. The number of rotatable bonds is 5. The van der Waals surface area contributed by atoms with Crippen LogP contribution in [0.25, 0.3) is 0 Å². The zero-order chi connectivity index (χ0) is 24.8. The van der Waals surface area contributed by atoms with Crippen molar-refractivity contribution in [2.24, 2.45) is 0 Å². The van der Waals surface area contributed by atoms with Gasteiger partial charge in [-0.3, -0.25) is 19.2 Å². The maximum Gasteiger partial charge on any atom is 0.416 e. The van der Waals surface area contributed by atoms with Crippen molar-refractivity contribution in [3.05, 3.63) is 93.4 Å². The molecule has 0 aliphatic carbocycles. The second-order valence-corrected chi connectivity index (χ2v) is 9.33. The van der Waals surface area contributed by atoms with Gasteiger partial charge in [0.15, 0.2) is 12.4 Å². The molecule has 1 aliphatic heterocycles. The van der Waals surface area contributed by atoms with Gasteiger partial charge in [0.1, 0.15) is 0 Å². The van der Waals surface area contributed by atoms with Crippen molar-refractivity contribution in [1.29, 1.82) is 0 Å². The van der Waals surface area contributed by atoms with Crippen LogP contribution in [-0.4, -0.2) is 25.1 Å². The molecule has 0 bridgehead atoms. The van der Waals surface area contributed by atoms with E-state index in [2.05, 4.69) is 4.72 Å². The SMILES string of the molecule is O=C1c2c(Cl)ccc(NS(=O)(=O)c3cccc(C(F)(F)F)c3)c2C(=O)N1Cc1ccc[n+]([O-])c1. The molecule has 1 aliphatic rings. The summed E-state index contributed by atoms with van der Waals surface area (Å²) in [4.78, 5) is 26.0. The van der Waals surface area contributed by atoms with Gasteiger partial charge >= 0.3 is 6.18 Å². The molecule has 2 amide bonds. The van der Waals surface area contributed by atoms with Crippen LogP contribution >= 0.6 is 11.6 Å². The number of hydrogen-bond donors (Lipinski definition) is 1. The highest BCUT2D eigenvalue weighted by Gasteiger charge is 2.40. The van der Waals surface area contributed by atoms with Crippen LogP contribution in [0.4, 0.5) is 18.9 Å². The summed E-state index contributed by atoms with van der Waals surface area (Å²) in [5.41, 5.74) is -1.78. The Bertz CT molecular complexity index is 1440. The quantitative estimate of drug-likeness (QED) is 0.320. The zero-order valence-electron chi connectivity index (χ0n) is 16.8. The lowest BCUT2D eigenvalue weighted by Crippen LogP contribution is -2.31. The Morgan fingerprint density at radius 1 is 1.03 bits per heavy atom. The number of benzene rings is 2. The number of pyridine rings is 1. The molecule has 1 aromatic heterocycles. The van der Waals surface area contributed by atoms with Crippen LogP contribution in [0.5, 0.6) is 0 Å². The smallest absolute Gasteiger partial charge is 0.416 e. The molecule has 3 aromatic rings. The van der Waals surface area contributed by atoms with Crippen LogP contribution in [0.15, 0.2) is 65.8 Å². The Balaban J connectivity index is 1.71. The number of sulfonamides is 1. The van der Waals surface area contributed by atoms with Crippen molar-refractivity contribution in [2.45, 2.75) is 17.6 Å². The van der Waals surface area contributed by atoms with E-state index in [4.69, 9.17) is 11.6 Å². The molecule has 0 spiro atoms. The van der Waals surface area contributed by atoms with Crippen molar-refractivity contribution in [1.82, 2.24) is 4.90 Å². The average molecular weight is 512 g/mol. The molecule has 13 heteroatoms. The maximum absolute atomic E-state index is 13.1. The minimum atomic E-state index is -4.77. The number of hydrogen-bond acceptors (Lipinski definition) is 5. The summed E-state index contributed by atoms with van der Waals surface area (Å²) in [5, 5.41) is 11.4. The minimum absolute atomic E-state index is 0.121. The van der Waals surface area contributed by atoms with Crippen LogP contribution < -0.4 is 9.45 Å². The predicted octanol–water partition coefficient (Wildman–Crippen LogP) is 3.59. The number of alkyl halides is 3. The summed E-state index contributed by atoms with van der Waals surface area (Å²) in [7, 11) is -4.57. The van der Waals surface area contributed by atoms with Crippen LogP contribution in [0.3, 0.4) is 0 Å². The Labute approximate surface area is 195 Å². The molecule has 2 heterocycles. The summed E-state index contributed by atoms with van der Waals surface area (Å²) in [6.45, 7) is -0.286. The minimum Gasteiger partial charge on any atom is -0.619 e. The topological polar surface area (TPSA) is 110 Å². The van der Waals surface area contributed by atoms with Crippen molar-refractivity contribution in [3.63, 3.8) is 0 Å². The van der Waals surface area contributed by atoms with Gasteiger partial charge in [0.25, 0.3) is 21.8 Å². The summed E-state index contributed by atoms with van der Waals surface area (Å²) in [5.74, 6) is -1.70. The lowest BCUT2D eigenvalue weighted by atomic mass is 10.1. The molecule has 0 atom stereocenters. The first kappa shape index (κ1) is 23.5. The van der Waals surface area contributed by atoms with Crippen LogP contribution in [-0.2, 0) is 22.7 Å². The zero-order valence-corrected chi connectivity index (χ0v) is 18.4. The third-order valence-electron chi connectivity index (χ3n) is 4.97. The van der Waals surface area contributed by atoms with Crippen molar-refractivity contribution >= 4 is 39.1 Å². The highest BCUT2D eigenvalue weighted by molar-refractivity contribution is 7.92. The predicted molar refractivity (Wildman–Crippen MR) is 113 cm³/mol. The lowest BCUT2D eigenvalue weighted by Gasteiger charge is -2.14. The molecule has 34 heavy (non-hydrogen) atoms. The van der Waals surface area contributed by atoms with E-state index >= 15 is 0 Å². The van der Waals surface area contributed by atoms with Gasteiger partial charge in [0.2, 0.25) is 0 Å². The van der Waals surface area contributed by atoms with Crippen molar-refractivity contribution in [2.75, 3.05) is 4.72 Å². The van der Waals surface area contributed by atoms with Gasteiger partial charge in [-0.2, -0.15) is 17.9 Å². The number of imide groups is 1. The number of anilines is 1. The van der Waals surface area contributed by atoms with E-state index in [1.807, 2.05) is 0 Å². The Hall–Kier alpha value is -3.64. The van der Waals surface area contributed by atoms with E-state index in [0.29, 0.717) is 22.4 Å². The number of carbonyl (C=O) groups excluding carboxylic acids is 2. The number of halogens is 4. The molecule has 8 nitrogen and oxygen atoms in total. The number of aromatic nitrogens is 1. The van der Waals surface area contributed by atoms with Crippen molar-refractivity contribution in [3.8, 4) is 0 Å². The van der Waals surface area contributed by atoms with Gasteiger partial charge in [-0.05, 0) is 36.4 Å². The largest absolute Gasteiger partial charge is 0.619 e. The van der Waals surface area contributed by atoms with Crippen molar-refractivity contribution < 1.29 is 35.9 Å². The molecule has 0 unspecified atom stereocenters. The summed E-state index contributed by atoms with van der Waals surface area (Å²) in [6.07, 6.45) is -2.40. The van der Waals surface area contributed by atoms with E-state index < -0.39 is 38.5 Å². The van der Waals surface area contributed by atoms with E-state index in [1.54, 1.807) is 0 Å². The van der Waals surface area contributed by atoms with Gasteiger partial charge in [-0.25, -0.2) is 8.42 Å². The molecule has 176 valence electrons. The van der Waals surface area contributed by atoms with Gasteiger partial charge in [0, 0.05) is 11.6 Å². The monoisotopic (exact) mass is 511 g/mol. The average Bonchev–Trinajstić information content (AvgIpc) is 3.01. The number of nitrogens with zero attached hydrogens (tertiary/aromatic N) is 2. The van der Waals surface area contributed by atoms with Gasteiger partial charge < -0.3 is 5.21 Å². The second kappa shape index (κ2) is 8.29. The maximum atomic E-state index is 13.1. The first-order valence-corrected chi connectivity index (χ1v) is 11.3. The Kier molecular flexibility index (Phi) is 5.74. The highest BCUT2D eigenvalue weighted by Crippen LogP contribution is 2.37. The fraction of sp³-hybridized carbons (Fsp3) is 0.0952. The molecule has 2 aromatic carbocycles. The fourth-order valence-electron chi connectivity index (χ4n) is 3.42. The third-order valence-corrected chi connectivity index (χ3v) is 6.64. The number of carbonyl (C=O) groups is 2. The highest BCUT2D eigenvalue weighted by atomic mass is 35.5. The van der Waals surface area contributed by atoms with Gasteiger partial charge in [0.05, 0.1) is 38.8 Å². The van der Waals surface area contributed by atoms with E-state index in [-0.39, 0.29) is 28.4 Å². The molecule has 0 radical (unpaired) electrons. The first-order valence-electron chi connectivity index (χ1n) is 9.45. The van der Waals surface area contributed by atoms with E-state index in [1.165, 1.54) is 24.4 Å². The standard InChI is InChI=1S/C21H13ClF3N3O5S/c22-15-6-7-16(26-34(32,33)14-5-1-4-13(9-14)21(23,24)25)18-17(15)19(29)28(20(18)30)11-12-3-2-8-27(31)10-12/h1-10,26H,11H2. The van der Waals surface area contributed by atoms with Crippen LogP contribution in [0, 0.1) is 5.21 Å². The fourth-order valence-corrected chi connectivity index (χ4v) is 4.78. The number of amides is 2. The van der Waals surface area contributed by atoms with E-state index in [0.717, 1.165) is 29.3 Å². The molecule has 0 saturated heterocycles. The molecular weight excluding hydrogens is 499 g/mol. The Morgan fingerprint density at radius 2 is 1.74 bits per heavy atom. The molecule has 1 N–H and O–H groups in total. The molecular formula is C21H13ClF3N3O5S. The summed E-state index contributed by atoms with van der Waals surface area (Å²) >= 11 is 6.10. The third kappa shape index (κ3) is 4.29. The van der Waals surface area contributed by atoms with Crippen LogP contribution in [0.1, 0.15) is 31.8 Å². The first-order chi connectivity index (χ1) is 15.9. The number of nitrogens with one attached hydrogen (secondary N) is 1.